The number of hydrogen-bond donors (Lipinski definition) is 1. The maximum atomic E-state index is 13.5. The Bertz CT molecular complexity index is 1520. The number of hydrogen-bond acceptors (Lipinski definition) is 5. The van der Waals surface area contributed by atoms with Gasteiger partial charge in [0.2, 0.25) is 0 Å². The number of halogens is 2. The lowest BCUT2D eigenvalue weighted by Gasteiger charge is -2.13. The number of rotatable bonds is 8. The van der Waals surface area contributed by atoms with Gasteiger partial charge >= 0.3 is 0 Å². The molecule has 0 unspecified atom stereocenters. The Morgan fingerprint density at radius 2 is 1.82 bits per heavy atom. The SMILES string of the molecule is COc1cc(/C=N\NC(=O)c2c(-n3c(C)ccc3C)sc3c2CCCC3)c(Br)cc1OCc1ccc(F)cc1. The van der Waals surface area contributed by atoms with Crippen molar-refractivity contribution >= 4 is 39.4 Å². The van der Waals surface area contributed by atoms with Crippen LogP contribution in [0, 0.1) is 19.7 Å². The monoisotopic (exact) mass is 609 g/mol. The largest absolute Gasteiger partial charge is 0.493 e. The van der Waals surface area contributed by atoms with E-state index in [4.69, 9.17) is 9.47 Å². The molecule has 39 heavy (non-hydrogen) atoms. The summed E-state index contributed by atoms with van der Waals surface area (Å²) in [7, 11) is 1.56. The molecule has 2 aromatic carbocycles. The standard InChI is InChI=1S/C30H29BrFN3O3S/c1-18-8-9-19(2)35(18)30-28(23-6-4-5-7-27(23)39-30)29(36)34-33-16-21-14-25(37-3)26(15-24(21)31)38-17-20-10-12-22(32)13-11-20/h8-16H,4-7,17H2,1-3H3,(H,34,36)/b33-16-. The summed E-state index contributed by atoms with van der Waals surface area (Å²) in [5.41, 5.74) is 8.37. The van der Waals surface area contributed by atoms with Crippen LogP contribution in [0.25, 0.3) is 5.00 Å². The van der Waals surface area contributed by atoms with Gasteiger partial charge in [0.1, 0.15) is 17.4 Å². The van der Waals surface area contributed by atoms with Crippen molar-refractivity contribution in [3.63, 3.8) is 0 Å². The number of benzene rings is 2. The first-order valence-electron chi connectivity index (χ1n) is 12.7. The van der Waals surface area contributed by atoms with Crippen molar-refractivity contribution in [1.29, 1.82) is 0 Å². The van der Waals surface area contributed by atoms with E-state index in [1.165, 1.54) is 17.0 Å². The number of aromatic nitrogens is 1. The molecule has 0 radical (unpaired) electrons. The van der Waals surface area contributed by atoms with Crippen LogP contribution in [-0.2, 0) is 19.4 Å². The average molecular weight is 611 g/mol. The van der Waals surface area contributed by atoms with E-state index in [1.807, 2.05) is 0 Å². The fourth-order valence-corrected chi connectivity index (χ4v) is 6.74. The van der Waals surface area contributed by atoms with Crippen molar-refractivity contribution < 1.29 is 18.7 Å². The molecule has 1 aliphatic carbocycles. The van der Waals surface area contributed by atoms with Crippen LogP contribution in [0.15, 0.2) is 58.1 Å². The summed E-state index contributed by atoms with van der Waals surface area (Å²) >= 11 is 5.28. The molecule has 0 fully saturated rings. The molecule has 2 heterocycles. The minimum atomic E-state index is -0.292. The third-order valence-electron chi connectivity index (χ3n) is 6.81. The predicted molar refractivity (Wildman–Crippen MR) is 156 cm³/mol. The van der Waals surface area contributed by atoms with Crippen molar-refractivity contribution in [2.75, 3.05) is 7.11 Å². The maximum Gasteiger partial charge on any atom is 0.274 e. The van der Waals surface area contributed by atoms with Crippen LogP contribution >= 0.6 is 27.3 Å². The smallest absolute Gasteiger partial charge is 0.274 e. The molecule has 0 saturated heterocycles. The topological polar surface area (TPSA) is 64.8 Å². The predicted octanol–water partition coefficient (Wildman–Crippen LogP) is 7.29. The van der Waals surface area contributed by atoms with Crippen LogP contribution in [0.1, 0.15) is 56.2 Å². The van der Waals surface area contributed by atoms with Gasteiger partial charge in [-0.25, -0.2) is 9.82 Å². The Balaban J connectivity index is 1.35. The molecule has 5 rings (SSSR count). The van der Waals surface area contributed by atoms with Gasteiger partial charge in [0.15, 0.2) is 11.5 Å². The quantitative estimate of drug-likeness (QED) is 0.168. The van der Waals surface area contributed by atoms with E-state index in [0.29, 0.717) is 17.1 Å². The summed E-state index contributed by atoms with van der Waals surface area (Å²) in [5.74, 6) is 0.540. The van der Waals surface area contributed by atoms with E-state index >= 15 is 0 Å². The molecule has 0 spiro atoms. The van der Waals surface area contributed by atoms with Gasteiger partial charge in [-0.2, -0.15) is 5.10 Å². The highest BCUT2D eigenvalue weighted by molar-refractivity contribution is 9.10. The number of methoxy groups -OCH3 is 1. The minimum Gasteiger partial charge on any atom is -0.493 e. The molecule has 2 aromatic heterocycles. The molecule has 1 N–H and O–H groups in total. The summed E-state index contributed by atoms with van der Waals surface area (Å²) in [4.78, 5) is 14.8. The summed E-state index contributed by atoms with van der Waals surface area (Å²) in [6.07, 6.45) is 5.72. The number of fused-ring (bicyclic) bond motifs is 1. The summed E-state index contributed by atoms with van der Waals surface area (Å²) in [6, 6.07) is 13.9. The molecular formula is C30H29BrFN3O3S. The van der Waals surface area contributed by atoms with Gasteiger partial charge in [0.05, 0.1) is 18.9 Å². The first kappa shape index (κ1) is 27.1. The van der Waals surface area contributed by atoms with Gasteiger partial charge < -0.3 is 14.0 Å². The summed E-state index contributed by atoms with van der Waals surface area (Å²) in [5, 5.41) is 5.25. The molecule has 0 saturated carbocycles. The Morgan fingerprint density at radius 1 is 1.10 bits per heavy atom. The van der Waals surface area contributed by atoms with E-state index in [-0.39, 0.29) is 18.3 Å². The molecule has 0 atom stereocenters. The first-order chi connectivity index (χ1) is 18.9. The van der Waals surface area contributed by atoms with Crippen LogP contribution in [-0.4, -0.2) is 23.8 Å². The Hall–Kier alpha value is -3.43. The van der Waals surface area contributed by atoms with Gasteiger partial charge in [0.25, 0.3) is 5.91 Å². The highest BCUT2D eigenvalue weighted by atomic mass is 79.9. The van der Waals surface area contributed by atoms with Gasteiger partial charge in [-0.15, -0.1) is 11.3 Å². The highest BCUT2D eigenvalue weighted by Crippen LogP contribution is 2.38. The van der Waals surface area contributed by atoms with Crippen molar-refractivity contribution in [2.24, 2.45) is 5.10 Å². The van der Waals surface area contributed by atoms with Crippen LogP contribution in [0.4, 0.5) is 4.39 Å². The number of hydrazone groups is 1. The number of nitrogens with one attached hydrogen (secondary N) is 1. The van der Waals surface area contributed by atoms with Gasteiger partial charge in [-0.1, -0.05) is 12.1 Å². The van der Waals surface area contributed by atoms with E-state index in [0.717, 1.165) is 63.2 Å². The number of amides is 1. The summed E-state index contributed by atoms with van der Waals surface area (Å²) < 4.78 is 27.5. The van der Waals surface area contributed by atoms with E-state index in [2.05, 4.69) is 57.0 Å². The number of carbonyl (C=O) groups is 1. The molecule has 1 amide bonds. The summed E-state index contributed by atoms with van der Waals surface area (Å²) in [6.45, 7) is 4.38. The maximum absolute atomic E-state index is 13.5. The van der Waals surface area contributed by atoms with Crippen molar-refractivity contribution in [3.8, 4) is 16.5 Å². The number of aryl methyl sites for hydroxylation is 3. The third-order valence-corrected chi connectivity index (χ3v) is 8.78. The molecule has 0 bridgehead atoms. The van der Waals surface area contributed by atoms with Gasteiger partial charge in [-0.05, 0) is 103 Å². The number of ether oxygens (including phenoxy) is 2. The third kappa shape index (κ3) is 5.79. The van der Waals surface area contributed by atoms with E-state index in [1.54, 1.807) is 48.9 Å². The van der Waals surface area contributed by atoms with Crippen molar-refractivity contribution in [2.45, 2.75) is 46.1 Å². The van der Waals surface area contributed by atoms with E-state index < -0.39 is 0 Å². The second-order valence-corrected chi connectivity index (χ2v) is 11.4. The second-order valence-electron chi connectivity index (χ2n) is 9.48. The normalized spacial score (nSPS) is 12.9. The van der Waals surface area contributed by atoms with Crippen LogP contribution < -0.4 is 14.9 Å². The minimum absolute atomic E-state index is 0.213. The molecule has 202 valence electrons. The lowest BCUT2D eigenvalue weighted by molar-refractivity contribution is 0.0954. The van der Waals surface area contributed by atoms with Crippen LogP contribution in [0.3, 0.4) is 0 Å². The van der Waals surface area contributed by atoms with E-state index in [9.17, 15) is 9.18 Å². The zero-order chi connectivity index (χ0) is 27.5. The number of carbonyl (C=O) groups excluding carboxylic acids is 1. The Kier molecular flexibility index (Phi) is 8.18. The molecule has 4 aromatic rings. The fourth-order valence-electron chi connectivity index (χ4n) is 4.81. The molecule has 1 aliphatic rings. The van der Waals surface area contributed by atoms with Crippen molar-refractivity contribution in [3.05, 3.63) is 97.3 Å². The number of thiophene rings is 1. The average Bonchev–Trinajstić information content (AvgIpc) is 3.47. The molecule has 9 heteroatoms. The second kappa shape index (κ2) is 11.8. The van der Waals surface area contributed by atoms with Gasteiger partial charge in [-0.3, -0.25) is 4.79 Å². The Labute approximate surface area is 239 Å². The number of nitrogens with zero attached hydrogens (tertiary/aromatic N) is 2. The Morgan fingerprint density at radius 3 is 2.54 bits per heavy atom. The highest BCUT2D eigenvalue weighted by Gasteiger charge is 2.27. The van der Waals surface area contributed by atoms with Crippen LogP contribution in [0.5, 0.6) is 11.5 Å². The van der Waals surface area contributed by atoms with Crippen LogP contribution in [0.2, 0.25) is 0 Å². The lowest BCUT2D eigenvalue weighted by Crippen LogP contribution is -2.21. The molecule has 6 nitrogen and oxygen atoms in total. The lowest BCUT2D eigenvalue weighted by atomic mass is 9.95. The fraction of sp³-hybridized carbons (Fsp3) is 0.267. The molecule has 0 aliphatic heterocycles. The first-order valence-corrected chi connectivity index (χ1v) is 14.3. The zero-order valence-corrected chi connectivity index (χ0v) is 24.4. The van der Waals surface area contributed by atoms with Crippen molar-refractivity contribution in [1.82, 2.24) is 9.99 Å². The van der Waals surface area contributed by atoms with Gasteiger partial charge in [0, 0.05) is 26.3 Å². The zero-order valence-electron chi connectivity index (χ0n) is 22.0. The molecular weight excluding hydrogens is 581 g/mol.